The Bertz CT molecular complexity index is 186. The number of carbonyl (C=O) groups excluding carboxylic acids is 1. The van der Waals surface area contributed by atoms with Crippen LogP contribution >= 0.6 is 0 Å². The van der Waals surface area contributed by atoms with Gasteiger partial charge in [-0.05, 0) is 12.8 Å². The van der Waals surface area contributed by atoms with E-state index in [-0.39, 0.29) is 6.04 Å². The molecule has 1 amide bonds. The summed E-state index contributed by atoms with van der Waals surface area (Å²) in [6, 6.07) is -0.137. The molecule has 0 aromatic heterocycles. The highest BCUT2D eigenvalue weighted by atomic mass is 16.5. The van der Waals surface area contributed by atoms with Gasteiger partial charge in [0.15, 0.2) is 0 Å². The third-order valence-electron chi connectivity index (χ3n) is 1.69. The molecule has 0 spiro atoms. The van der Waals surface area contributed by atoms with E-state index in [2.05, 4.69) is 5.32 Å². The molecule has 1 rings (SSSR count). The molecule has 1 heterocycles. The van der Waals surface area contributed by atoms with E-state index in [0.717, 1.165) is 12.8 Å². The van der Waals surface area contributed by atoms with Crippen LogP contribution in [0.3, 0.4) is 0 Å². The van der Waals surface area contributed by atoms with Crippen LogP contribution in [0.2, 0.25) is 0 Å². The van der Waals surface area contributed by atoms with Crippen molar-refractivity contribution in [1.82, 2.24) is 5.32 Å². The van der Waals surface area contributed by atoms with Crippen molar-refractivity contribution in [2.45, 2.75) is 18.9 Å². The van der Waals surface area contributed by atoms with E-state index in [0.29, 0.717) is 13.2 Å². The van der Waals surface area contributed by atoms with Crippen molar-refractivity contribution < 1.29 is 19.4 Å². The summed E-state index contributed by atoms with van der Waals surface area (Å²) in [4.78, 5) is 20.8. The molecular formula is C7H11NO4. The summed E-state index contributed by atoms with van der Waals surface area (Å²) in [5, 5.41) is 10.6. The molecule has 1 unspecified atom stereocenters. The van der Waals surface area contributed by atoms with Crippen LogP contribution in [0.5, 0.6) is 0 Å². The molecule has 5 nitrogen and oxygen atoms in total. The molecule has 0 aromatic carbocycles. The standard InChI is InChI=1S/C7H11NO4/c9-6(7(10)11)8-5-2-1-3-12-4-5/h5H,1-4H2,(H,8,9)(H,10,11). The Morgan fingerprint density at radius 1 is 1.50 bits per heavy atom. The number of ether oxygens (including phenoxy) is 1. The molecule has 1 atom stereocenters. The second-order valence-electron chi connectivity index (χ2n) is 2.69. The van der Waals surface area contributed by atoms with Gasteiger partial charge in [-0.1, -0.05) is 0 Å². The minimum atomic E-state index is -1.44. The molecule has 5 heteroatoms. The summed E-state index contributed by atoms with van der Waals surface area (Å²) in [5.74, 6) is -2.40. The van der Waals surface area contributed by atoms with Crippen molar-refractivity contribution in [2.24, 2.45) is 0 Å². The van der Waals surface area contributed by atoms with E-state index < -0.39 is 11.9 Å². The van der Waals surface area contributed by atoms with Crippen LogP contribution in [0.15, 0.2) is 0 Å². The first kappa shape index (κ1) is 8.99. The highest BCUT2D eigenvalue weighted by Crippen LogP contribution is 2.05. The highest BCUT2D eigenvalue weighted by molar-refractivity contribution is 6.31. The Kier molecular flexibility index (Phi) is 3.04. The number of carbonyl (C=O) groups is 2. The first-order valence-corrected chi connectivity index (χ1v) is 3.81. The molecule has 0 saturated carbocycles. The zero-order chi connectivity index (χ0) is 8.97. The van der Waals surface area contributed by atoms with E-state index >= 15 is 0 Å². The van der Waals surface area contributed by atoms with Crippen molar-refractivity contribution >= 4 is 11.9 Å². The van der Waals surface area contributed by atoms with Gasteiger partial charge in [-0.3, -0.25) is 4.79 Å². The molecule has 1 saturated heterocycles. The van der Waals surface area contributed by atoms with E-state index in [9.17, 15) is 9.59 Å². The van der Waals surface area contributed by atoms with Crippen LogP contribution in [0.25, 0.3) is 0 Å². The second-order valence-corrected chi connectivity index (χ2v) is 2.69. The molecular weight excluding hydrogens is 162 g/mol. The molecule has 0 aromatic rings. The van der Waals surface area contributed by atoms with Crippen molar-refractivity contribution in [3.8, 4) is 0 Å². The van der Waals surface area contributed by atoms with Crippen molar-refractivity contribution in [3.05, 3.63) is 0 Å². The van der Waals surface area contributed by atoms with Crippen LogP contribution in [0.1, 0.15) is 12.8 Å². The van der Waals surface area contributed by atoms with Crippen molar-refractivity contribution in [3.63, 3.8) is 0 Å². The predicted octanol–water partition coefficient (Wildman–Crippen LogP) is -0.634. The Labute approximate surface area is 69.7 Å². The van der Waals surface area contributed by atoms with Gasteiger partial charge in [-0.2, -0.15) is 0 Å². The Morgan fingerprint density at radius 2 is 2.25 bits per heavy atom. The first-order chi connectivity index (χ1) is 5.70. The third kappa shape index (κ3) is 2.50. The maximum absolute atomic E-state index is 10.6. The SMILES string of the molecule is O=C(O)C(=O)NC1CCCOC1. The summed E-state index contributed by atoms with van der Waals surface area (Å²) in [6.07, 6.45) is 1.66. The molecule has 1 aliphatic rings. The van der Waals surface area contributed by atoms with Crippen LogP contribution in [-0.4, -0.2) is 36.2 Å². The summed E-state index contributed by atoms with van der Waals surface area (Å²) >= 11 is 0. The number of amides is 1. The zero-order valence-corrected chi connectivity index (χ0v) is 6.58. The molecule has 0 aliphatic carbocycles. The van der Waals surface area contributed by atoms with Gasteiger partial charge in [0.2, 0.25) is 0 Å². The number of nitrogens with one attached hydrogen (secondary N) is 1. The number of carboxylic acids is 1. The number of carboxylic acid groups (broad SMARTS) is 1. The Balaban J connectivity index is 2.29. The normalized spacial score (nSPS) is 23.2. The lowest BCUT2D eigenvalue weighted by molar-refractivity contribution is -0.150. The van der Waals surface area contributed by atoms with Gasteiger partial charge in [-0.25, -0.2) is 4.79 Å². The number of aliphatic carboxylic acids is 1. The lowest BCUT2D eigenvalue weighted by atomic mass is 10.1. The van der Waals surface area contributed by atoms with Gasteiger partial charge in [0.1, 0.15) is 0 Å². The maximum atomic E-state index is 10.6. The molecule has 1 aliphatic heterocycles. The molecule has 0 radical (unpaired) electrons. The van der Waals surface area contributed by atoms with Crippen LogP contribution < -0.4 is 5.32 Å². The van der Waals surface area contributed by atoms with Gasteiger partial charge in [0.05, 0.1) is 12.6 Å². The number of hydrogen-bond acceptors (Lipinski definition) is 3. The van der Waals surface area contributed by atoms with E-state index in [4.69, 9.17) is 9.84 Å². The summed E-state index contributed by atoms with van der Waals surface area (Å²) in [5.41, 5.74) is 0. The highest BCUT2D eigenvalue weighted by Gasteiger charge is 2.19. The largest absolute Gasteiger partial charge is 0.474 e. The van der Waals surface area contributed by atoms with E-state index in [1.165, 1.54) is 0 Å². The van der Waals surface area contributed by atoms with Crippen LogP contribution in [0.4, 0.5) is 0 Å². The summed E-state index contributed by atoms with van der Waals surface area (Å²) in [7, 11) is 0. The first-order valence-electron chi connectivity index (χ1n) is 3.81. The molecule has 0 bridgehead atoms. The van der Waals surface area contributed by atoms with Crippen LogP contribution in [-0.2, 0) is 14.3 Å². The molecule has 1 fully saturated rings. The second kappa shape index (κ2) is 4.06. The van der Waals surface area contributed by atoms with E-state index in [1.54, 1.807) is 0 Å². The van der Waals surface area contributed by atoms with E-state index in [1.807, 2.05) is 0 Å². The van der Waals surface area contributed by atoms with Gasteiger partial charge < -0.3 is 15.2 Å². The molecule has 2 N–H and O–H groups in total. The maximum Gasteiger partial charge on any atom is 0.394 e. The van der Waals surface area contributed by atoms with Gasteiger partial charge in [0, 0.05) is 6.61 Å². The van der Waals surface area contributed by atoms with Crippen LogP contribution in [0, 0.1) is 0 Å². The fraction of sp³-hybridized carbons (Fsp3) is 0.714. The minimum Gasteiger partial charge on any atom is -0.474 e. The Morgan fingerprint density at radius 3 is 2.75 bits per heavy atom. The molecule has 12 heavy (non-hydrogen) atoms. The lowest BCUT2D eigenvalue weighted by Crippen LogP contribution is -2.43. The minimum absolute atomic E-state index is 0.137. The monoisotopic (exact) mass is 173 g/mol. The quantitative estimate of drug-likeness (QED) is 0.517. The Hall–Kier alpha value is -1.10. The predicted molar refractivity (Wildman–Crippen MR) is 39.6 cm³/mol. The summed E-state index contributed by atoms with van der Waals surface area (Å²) < 4.78 is 5.06. The smallest absolute Gasteiger partial charge is 0.394 e. The average molecular weight is 173 g/mol. The third-order valence-corrected chi connectivity index (χ3v) is 1.69. The van der Waals surface area contributed by atoms with Crippen molar-refractivity contribution in [1.29, 1.82) is 0 Å². The average Bonchev–Trinajstić information content (AvgIpc) is 2.06. The zero-order valence-electron chi connectivity index (χ0n) is 6.58. The fourth-order valence-corrected chi connectivity index (χ4v) is 1.10. The van der Waals surface area contributed by atoms with Gasteiger partial charge in [-0.15, -0.1) is 0 Å². The molecule has 68 valence electrons. The van der Waals surface area contributed by atoms with Gasteiger partial charge >= 0.3 is 11.9 Å². The number of hydrogen-bond donors (Lipinski definition) is 2. The summed E-state index contributed by atoms with van der Waals surface area (Å²) in [6.45, 7) is 1.11. The van der Waals surface area contributed by atoms with Gasteiger partial charge in [0.25, 0.3) is 0 Å². The number of rotatable bonds is 1. The van der Waals surface area contributed by atoms with Crippen molar-refractivity contribution in [2.75, 3.05) is 13.2 Å². The topological polar surface area (TPSA) is 75.6 Å². The fourth-order valence-electron chi connectivity index (χ4n) is 1.10. The lowest BCUT2D eigenvalue weighted by Gasteiger charge is -2.21.